The van der Waals surface area contributed by atoms with Crippen LogP contribution in [0.1, 0.15) is 22.7 Å². The lowest BCUT2D eigenvalue weighted by molar-refractivity contribution is -0.0498. The summed E-state index contributed by atoms with van der Waals surface area (Å²) in [4.78, 5) is 0. The van der Waals surface area contributed by atoms with Crippen LogP contribution in [0.4, 0.5) is 8.78 Å². The van der Waals surface area contributed by atoms with Gasteiger partial charge in [0.1, 0.15) is 5.75 Å². The van der Waals surface area contributed by atoms with E-state index in [9.17, 15) is 17.2 Å². The van der Waals surface area contributed by atoms with Crippen molar-refractivity contribution < 1.29 is 21.9 Å². The standard InChI is InChI=1S/C22H19F2NO3S/c23-22(24)28-20-13-11-19(12-14-20)21(18-9-5-2-6-10-18)25-29(26,27)16-15-17-7-3-1-4-8-17/h1-16,21-22,25H/b16-15+/t21-/m1/s1. The molecule has 0 spiro atoms. The third kappa shape index (κ3) is 6.23. The minimum Gasteiger partial charge on any atom is -0.435 e. The normalized spacial score (nSPS) is 12.9. The van der Waals surface area contributed by atoms with Crippen molar-refractivity contribution in [3.05, 3.63) is 107 Å². The van der Waals surface area contributed by atoms with Crippen LogP contribution in [0.3, 0.4) is 0 Å². The van der Waals surface area contributed by atoms with Crippen molar-refractivity contribution in [1.29, 1.82) is 0 Å². The van der Waals surface area contributed by atoms with Crippen LogP contribution in [0.25, 0.3) is 6.08 Å². The first kappa shape index (κ1) is 20.7. The van der Waals surface area contributed by atoms with Gasteiger partial charge in [-0.05, 0) is 34.9 Å². The van der Waals surface area contributed by atoms with Gasteiger partial charge in [0.2, 0.25) is 10.0 Å². The molecule has 0 unspecified atom stereocenters. The second-order valence-electron chi connectivity index (χ2n) is 6.17. The number of halogens is 2. The summed E-state index contributed by atoms with van der Waals surface area (Å²) in [6.45, 7) is -2.92. The zero-order chi connectivity index (χ0) is 20.7. The Morgan fingerprint density at radius 1 is 0.793 bits per heavy atom. The maximum absolute atomic E-state index is 12.7. The van der Waals surface area contributed by atoms with Crippen LogP contribution >= 0.6 is 0 Å². The second-order valence-corrected chi connectivity index (χ2v) is 7.77. The number of hydrogen-bond donors (Lipinski definition) is 1. The molecule has 0 fully saturated rings. The Bertz CT molecular complexity index is 1040. The molecule has 3 aromatic carbocycles. The van der Waals surface area contributed by atoms with Crippen molar-refractivity contribution >= 4 is 16.1 Å². The maximum Gasteiger partial charge on any atom is 0.387 e. The highest BCUT2D eigenvalue weighted by Crippen LogP contribution is 2.26. The first-order chi connectivity index (χ1) is 13.9. The number of rotatable bonds is 8. The van der Waals surface area contributed by atoms with E-state index in [2.05, 4.69) is 9.46 Å². The molecule has 0 saturated carbocycles. The van der Waals surface area contributed by atoms with Crippen molar-refractivity contribution in [3.8, 4) is 5.75 Å². The van der Waals surface area contributed by atoms with Gasteiger partial charge < -0.3 is 4.74 Å². The molecule has 0 radical (unpaired) electrons. The highest BCUT2D eigenvalue weighted by molar-refractivity contribution is 7.92. The molecule has 0 saturated heterocycles. The molecule has 1 atom stereocenters. The molecule has 3 rings (SSSR count). The average molecular weight is 415 g/mol. The van der Waals surface area contributed by atoms with Crippen LogP contribution in [-0.4, -0.2) is 15.0 Å². The van der Waals surface area contributed by atoms with Gasteiger partial charge in [-0.2, -0.15) is 13.5 Å². The van der Waals surface area contributed by atoms with E-state index in [0.717, 1.165) is 11.0 Å². The fourth-order valence-corrected chi connectivity index (χ4v) is 3.77. The summed E-state index contributed by atoms with van der Waals surface area (Å²) in [5.41, 5.74) is 2.06. The number of nitrogens with one attached hydrogen (secondary N) is 1. The lowest BCUT2D eigenvalue weighted by atomic mass is 10.00. The molecule has 3 aromatic rings. The summed E-state index contributed by atoms with van der Waals surface area (Å²) in [6.07, 6.45) is 1.50. The molecule has 0 aliphatic carbocycles. The molecule has 0 bridgehead atoms. The first-order valence-corrected chi connectivity index (χ1v) is 10.3. The van der Waals surface area contributed by atoms with Crippen LogP contribution < -0.4 is 9.46 Å². The van der Waals surface area contributed by atoms with Gasteiger partial charge in [-0.15, -0.1) is 0 Å². The van der Waals surface area contributed by atoms with Crippen LogP contribution in [0, 0.1) is 0 Å². The Kier molecular flexibility index (Phi) is 6.74. The van der Waals surface area contributed by atoms with E-state index in [1.165, 1.54) is 18.2 Å². The molecule has 0 heterocycles. The Balaban J connectivity index is 1.87. The number of hydrogen-bond acceptors (Lipinski definition) is 3. The van der Waals surface area contributed by atoms with Gasteiger partial charge in [-0.3, -0.25) is 0 Å². The molecule has 4 nitrogen and oxygen atoms in total. The number of sulfonamides is 1. The highest BCUT2D eigenvalue weighted by Gasteiger charge is 2.20. The smallest absolute Gasteiger partial charge is 0.387 e. The van der Waals surface area contributed by atoms with Gasteiger partial charge in [0, 0.05) is 5.41 Å². The maximum atomic E-state index is 12.7. The molecule has 1 N–H and O–H groups in total. The molecule has 0 amide bonds. The van der Waals surface area contributed by atoms with E-state index in [-0.39, 0.29) is 5.75 Å². The second kappa shape index (κ2) is 9.45. The van der Waals surface area contributed by atoms with Gasteiger partial charge in [0.15, 0.2) is 0 Å². The van der Waals surface area contributed by atoms with Crippen molar-refractivity contribution in [3.63, 3.8) is 0 Å². The molecule has 150 valence electrons. The molecular formula is C22H19F2NO3S. The van der Waals surface area contributed by atoms with Crippen LogP contribution in [0.15, 0.2) is 90.3 Å². The zero-order valence-electron chi connectivity index (χ0n) is 15.3. The molecule has 7 heteroatoms. The predicted molar refractivity (Wildman–Crippen MR) is 109 cm³/mol. The van der Waals surface area contributed by atoms with Crippen molar-refractivity contribution in [2.24, 2.45) is 0 Å². The SMILES string of the molecule is O=S(=O)(/C=C/c1ccccc1)N[C@H](c1ccccc1)c1ccc(OC(F)F)cc1. The molecule has 29 heavy (non-hydrogen) atoms. The Morgan fingerprint density at radius 2 is 1.34 bits per heavy atom. The minimum absolute atomic E-state index is 0.00222. The van der Waals surface area contributed by atoms with E-state index in [0.29, 0.717) is 11.1 Å². The van der Waals surface area contributed by atoms with Crippen LogP contribution in [-0.2, 0) is 10.0 Å². The summed E-state index contributed by atoms with van der Waals surface area (Å²) < 4.78 is 57.1. The van der Waals surface area contributed by atoms with Crippen LogP contribution in [0.2, 0.25) is 0 Å². The van der Waals surface area contributed by atoms with Crippen molar-refractivity contribution in [1.82, 2.24) is 4.72 Å². The Hall–Kier alpha value is -3.03. The van der Waals surface area contributed by atoms with Gasteiger partial charge in [-0.1, -0.05) is 72.8 Å². The van der Waals surface area contributed by atoms with Gasteiger partial charge >= 0.3 is 6.61 Å². The monoisotopic (exact) mass is 415 g/mol. The number of alkyl halides is 2. The van der Waals surface area contributed by atoms with Gasteiger partial charge in [0.25, 0.3) is 0 Å². The minimum atomic E-state index is -3.79. The topological polar surface area (TPSA) is 55.4 Å². The zero-order valence-corrected chi connectivity index (χ0v) is 16.1. The molecular weight excluding hydrogens is 396 g/mol. The largest absolute Gasteiger partial charge is 0.435 e. The van der Waals surface area contributed by atoms with E-state index in [1.54, 1.807) is 48.5 Å². The summed E-state index contributed by atoms with van der Waals surface area (Å²) in [5.74, 6) is 0.00222. The molecule has 0 aromatic heterocycles. The van der Waals surface area contributed by atoms with Gasteiger partial charge in [-0.25, -0.2) is 8.42 Å². The predicted octanol–water partition coefficient (Wildman–Crippen LogP) is 4.97. The molecule has 0 aliphatic heterocycles. The number of ether oxygens (including phenoxy) is 1. The van der Waals surface area contributed by atoms with E-state index >= 15 is 0 Å². The lowest BCUT2D eigenvalue weighted by Crippen LogP contribution is -2.27. The highest BCUT2D eigenvalue weighted by atomic mass is 32.2. The third-order valence-corrected chi connectivity index (χ3v) is 5.15. The fourth-order valence-electron chi connectivity index (χ4n) is 2.75. The summed E-state index contributed by atoms with van der Waals surface area (Å²) in [6, 6.07) is 23.2. The summed E-state index contributed by atoms with van der Waals surface area (Å²) in [5, 5.41) is 1.10. The van der Waals surface area contributed by atoms with E-state index in [1.807, 2.05) is 24.3 Å². The lowest BCUT2D eigenvalue weighted by Gasteiger charge is -2.19. The van der Waals surface area contributed by atoms with Crippen molar-refractivity contribution in [2.45, 2.75) is 12.7 Å². The third-order valence-electron chi connectivity index (χ3n) is 4.09. The molecule has 0 aliphatic rings. The van der Waals surface area contributed by atoms with E-state index < -0.39 is 22.7 Å². The van der Waals surface area contributed by atoms with Crippen LogP contribution in [0.5, 0.6) is 5.75 Å². The van der Waals surface area contributed by atoms with Gasteiger partial charge in [0.05, 0.1) is 6.04 Å². The quantitative estimate of drug-likeness (QED) is 0.565. The first-order valence-electron chi connectivity index (χ1n) is 8.78. The number of benzene rings is 3. The fraction of sp³-hybridized carbons (Fsp3) is 0.0909. The Labute approximate surface area is 168 Å². The van der Waals surface area contributed by atoms with Crippen molar-refractivity contribution in [2.75, 3.05) is 0 Å². The average Bonchev–Trinajstić information content (AvgIpc) is 2.72. The Morgan fingerprint density at radius 3 is 1.93 bits per heavy atom. The van der Waals surface area contributed by atoms with E-state index in [4.69, 9.17) is 0 Å². The summed E-state index contributed by atoms with van der Waals surface area (Å²) in [7, 11) is -3.79. The summed E-state index contributed by atoms with van der Waals surface area (Å²) >= 11 is 0.